The molecule has 0 aliphatic rings. The Morgan fingerprint density at radius 1 is 1.32 bits per heavy atom. The summed E-state index contributed by atoms with van der Waals surface area (Å²) in [5, 5.41) is 10.3. The number of halogens is 5. The second-order valence-electron chi connectivity index (χ2n) is 3.76. The monoisotopic (exact) mass is 283 g/mol. The summed E-state index contributed by atoms with van der Waals surface area (Å²) in [6.45, 7) is 1.23. The molecule has 0 heterocycles. The standard InChI is InChI=1S/C11H10F5NO2/c1-2-9(11(14,15)16)17-8-4-6(12)5(10(18)19)3-7(8)13/h3-4,9,17H,2H2,1H3,(H,18,19)/t9-/m1/s1. The lowest BCUT2D eigenvalue weighted by molar-refractivity contribution is -0.142. The molecule has 0 saturated carbocycles. The van der Waals surface area contributed by atoms with E-state index in [2.05, 4.69) is 0 Å². The number of hydrogen-bond acceptors (Lipinski definition) is 2. The van der Waals surface area contributed by atoms with E-state index in [0.717, 1.165) is 0 Å². The summed E-state index contributed by atoms with van der Waals surface area (Å²) >= 11 is 0. The van der Waals surface area contributed by atoms with E-state index in [0.29, 0.717) is 12.1 Å². The SMILES string of the molecule is CC[C@@H](Nc1cc(F)c(C(=O)O)cc1F)C(F)(F)F. The first-order valence-electron chi connectivity index (χ1n) is 5.22. The summed E-state index contributed by atoms with van der Waals surface area (Å²) in [6, 6.07) is -1.31. The number of carboxylic acid groups (broad SMARTS) is 1. The molecule has 1 rings (SSSR count). The zero-order valence-electron chi connectivity index (χ0n) is 9.68. The van der Waals surface area contributed by atoms with Gasteiger partial charge in [-0.1, -0.05) is 6.92 Å². The maximum absolute atomic E-state index is 13.4. The van der Waals surface area contributed by atoms with Crippen molar-refractivity contribution in [1.29, 1.82) is 0 Å². The molecular formula is C11H10F5NO2. The predicted molar refractivity (Wildman–Crippen MR) is 57.1 cm³/mol. The number of rotatable bonds is 4. The molecule has 0 aliphatic heterocycles. The zero-order chi connectivity index (χ0) is 14.8. The van der Waals surface area contributed by atoms with Gasteiger partial charge in [-0.15, -0.1) is 0 Å². The van der Waals surface area contributed by atoms with Gasteiger partial charge in [0, 0.05) is 6.07 Å². The third-order valence-corrected chi connectivity index (χ3v) is 2.42. The summed E-state index contributed by atoms with van der Waals surface area (Å²) in [5.74, 6) is -4.28. The Bertz CT molecular complexity index is 487. The van der Waals surface area contributed by atoms with Gasteiger partial charge in [-0.25, -0.2) is 13.6 Å². The molecule has 0 bridgehead atoms. The molecule has 2 N–H and O–H groups in total. The maximum atomic E-state index is 13.4. The first-order chi connectivity index (χ1) is 8.66. The highest BCUT2D eigenvalue weighted by molar-refractivity contribution is 5.88. The Morgan fingerprint density at radius 2 is 1.89 bits per heavy atom. The largest absolute Gasteiger partial charge is 0.478 e. The summed E-state index contributed by atoms with van der Waals surface area (Å²) in [6.07, 6.45) is -5.01. The lowest BCUT2D eigenvalue weighted by atomic mass is 10.1. The van der Waals surface area contributed by atoms with Gasteiger partial charge in [-0.2, -0.15) is 13.2 Å². The summed E-state index contributed by atoms with van der Waals surface area (Å²) < 4.78 is 64.1. The van der Waals surface area contributed by atoms with Gasteiger partial charge in [-0.3, -0.25) is 0 Å². The van der Waals surface area contributed by atoms with E-state index in [4.69, 9.17) is 5.11 Å². The van der Waals surface area contributed by atoms with Gasteiger partial charge >= 0.3 is 12.1 Å². The minimum Gasteiger partial charge on any atom is -0.478 e. The molecule has 0 fully saturated rings. The van der Waals surface area contributed by atoms with Gasteiger partial charge in [0.15, 0.2) is 0 Å². The molecule has 106 valence electrons. The van der Waals surface area contributed by atoms with Crippen LogP contribution in [-0.4, -0.2) is 23.3 Å². The van der Waals surface area contributed by atoms with Crippen molar-refractivity contribution >= 4 is 11.7 Å². The molecule has 3 nitrogen and oxygen atoms in total. The second kappa shape index (κ2) is 5.41. The van der Waals surface area contributed by atoms with Crippen molar-refractivity contribution in [3.8, 4) is 0 Å². The van der Waals surface area contributed by atoms with Crippen LogP contribution in [0.5, 0.6) is 0 Å². The van der Waals surface area contributed by atoms with Crippen molar-refractivity contribution in [2.24, 2.45) is 0 Å². The molecule has 0 saturated heterocycles. The number of benzene rings is 1. The topological polar surface area (TPSA) is 49.3 Å². The van der Waals surface area contributed by atoms with Crippen molar-refractivity contribution < 1.29 is 31.9 Å². The van der Waals surface area contributed by atoms with Crippen LogP contribution >= 0.6 is 0 Å². The Labute approximate surface area is 105 Å². The number of alkyl halides is 3. The molecule has 0 amide bonds. The molecule has 0 spiro atoms. The zero-order valence-corrected chi connectivity index (χ0v) is 9.68. The van der Waals surface area contributed by atoms with E-state index in [1.165, 1.54) is 6.92 Å². The quantitative estimate of drug-likeness (QED) is 0.832. The number of anilines is 1. The first kappa shape index (κ1) is 15.2. The van der Waals surface area contributed by atoms with Crippen LogP contribution in [0.2, 0.25) is 0 Å². The maximum Gasteiger partial charge on any atom is 0.408 e. The number of carbonyl (C=O) groups is 1. The molecule has 0 aliphatic carbocycles. The van der Waals surface area contributed by atoms with E-state index in [9.17, 15) is 26.7 Å². The third kappa shape index (κ3) is 3.55. The van der Waals surface area contributed by atoms with Crippen molar-refractivity contribution in [3.63, 3.8) is 0 Å². The van der Waals surface area contributed by atoms with Crippen LogP contribution in [-0.2, 0) is 0 Å². The average molecular weight is 283 g/mol. The fourth-order valence-corrected chi connectivity index (χ4v) is 1.42. The normalized spacial score (nSPS) is 13.2. The van der Waals surface area contributed by atoms with Gasteiger partial charge in [0.1, 0.15) is 17.7 Å². The number of hydrogen-bond donors (Lipinski definition) is 2. The number of aromatic carboxylic acids is 1. The highest BCUT2D eigenvalue weighted by Crippen LogP contribution is 2.28. The highest BCUT2D eigenvalue weighted by atomic mass is 19.4. The van der Waals surface area contributed by atoms with Crippen LogP contribution in [0.25, 0.3) is 0 Å². The fraction of sp³-hybridized carbons (Fsp3) is 0.364. The van der Waals surface area contributed by atoms with Crippen molar-refractivity contribution in [3.05, 3.63) is 29.3 Å². The minimum absolute atomic E-state index is 0.336. The lowest BCUT2D eigenvalue weighted by Gasteiger charge is -2.21. The highest BCUT2D eigenvalue weighted by Gasteiger charge is 2.38. The average Bonchev–Trinajstić information content (AvgIpc) is 2.27. The summed E-state index contributed by atoms with van der Waals surface area (Å²) in [7, 11) is 0. The fourth-order valence-electron chi connectivity index (χ4n) is 1.42. The number of nitrogens with one attached hydrogen (secondary N) is 1. The van der Waals surface area contributed by atoms with Gasteiger partial charge in [0.05, 0.1) is 11.3 Å². The van der Waals surface area contributed by atoms with E-state index < -0.39 is 41.1 Å². The van der Waals surface area contributed by atoms with Gasteiger partial charge < -0.3 is 10.4 Å². The third-order valence-electron chi connectivity index (χ3n) is 2.42. The predicted octanol–water partition coefficient (Wildman–Crippen LogP) is 3.42. The molecule has 1 atom stereocenters. The van der Waals surface area contributed by atoms with E-state index in [1.54, 1.807) is 0 Å². The second-order valence-corrected chi connectivity index (χ2v) is 3.76. The molecule has 0 radical (unpaired) electrons. The van der Waals surface area contributed by atoms with Crippen LogP contribution < -0.4 is 5.32 Å². The smallest absolute Gasteiger partial charge is 0.408 e. The molecule has 19 heavy (non-hydrogen) atoms. The van der Waals surface area contributed by atoms with Gasteiger partial charge in [0.2, 0.25) is 0 Å². The Balaban J connectivity index is 3.09. The van der Waals surface area contributed by atoms with Crippen LogP contribution in [0.4, 0.5) is 27.6 Å². The molecule has 0 aromatic heterocycles. The van der Waals surface area contributed by atoms with Crippen LogP contribution in [0.15, 0.2) is 12.1 Å². The molecule has 1 aromatic rings. The van der Waals surface area contributed by atoms with Gasteiger partial charge in [0.25, 0.3) is 0 Å². The van der Waals surface area contributed by atoms with E-state index >= 15 is 0 Å². The Hall–Kier alpha value is -1.86. The van der Waals surface area contributed by atoms with E-state index in [1.807, 2.05) is 5.32 Å². The summed E-state index contributed by atoms with van der Waals surface area (Å²) in [5.41, 5.74) is -1.67. The van der Waals surface area contributed by atoms with Crippen LogP contribution in [0.1, 0.15) is 23.7 Å². The van der Waals surface area contributed by atoms with Crippen molar-refractivity contribution in [1.82, 2.24) is 0 Å². The molecule has 1 aromatic carbocycles. The van der Waals surface area contributed by atoms with Crippen LogP contribution in [0.3, 0.4) is 0 Å². The van der Waals surface area contributed by atoms with E-state index in [-0.39, 0.29) is 6.42 Å². The van der Waals surface area contributed by atoms with Gasteiger partial charge in [-0.05, 0) is 12.5 Å². The molecule has 0 unspecified atom stereocenters. The lowest BCUT2D eigenvalue weighted by Crippen LogP contribution is -2.35. The van der Waals surface area contributed by atoms with Crippen molar-refractivity contribution in [2.75, 3.05) is 5.32 Å². The molecule has 8 heteroatoms. The van der Waals surface area contributed by atoms with Crippen molar-refractivity contribution in [2.45, 2.75) is 25.6 Å². The number of carboxylic acids is 1. The Kier molecular flexibility index (Phi) is 4.33. The molecular weight excluding hydrogens is 273 g/mol. The Morgan fingerprint density at radius 3 is 2.32 bits per heavy atom. The minimum atomic E-state index is -4.62. The first-order valence-corrected chi connectivity index (χ1v) is 5.22. The van der Waals surface area contributed by atoms with Crippen LogP contribution in [0, 0.1) is 11.6 Å². The summed E-state index contributed by atoms with van der Waals surface area (Å²) in [4.78, 5) is 10.5.